The number of carboxylic acids is 1. The Morgan fingerprint density at radius 1 is 1.10 bits per heavy atom. The van der Waals surface area contributed by atoms with E-state index >= 15 is 0 Å². The van der Waals surface area contributed by atoms with Gasteiger partial charge >= 0.3 is 5.97 Å². The Balaban J connectivity index is 1.67. The number of nitrogens with zero attached hydrogens (tertiary/aromatic N) is 3. The van der Waals surface area contributed by atoms with E-state index < -0.39 is 16.8 Å². The highest BCUT2D eigenvalue weighted by Crippen LogP contribution is 2.18. The molecule has 0 spiro atoms. The molecule has 1 heterocycles. The highest BCUT2D eigenvalue weighted by molar-refractivity contribution is 5.88. The summed E-state index contributed by atoms with van der Waals surface area (Å²) in [5.74, 6) is -1.49. The average molecular weight is 392 g/mol. The second-order valence-electron chi connectivity index (χ2n) is 6.01. The van der Waals surface area contributed by atoms with Crippen LogP contribution in [0.5, 0.6) is 0 Å². The quantitative estimate of drug-likeness (QED) is 0.363. The Labute approximate surface area is 165 Å². The first kappa shape index (κ1) is 19.5. The van der Waals surface area contributed by atoms with Gasteiger partial charge in [-0.25, -0.2) is 10.2 Å². The summed E-state index contributed by atoms with van der Waals surface area (Å²) >= 11 is 0. The molecule has 29 heavy (non-hydrogen) atoms. The third-order valence-electron chi connectivity index (χ3n) is 4.10. The van der Waals surface area contributed by atoms with Crippen molar-refractivity contribution in [3.63, 3.8) is 0 Å². The summed E-state index contributed by atoms with van der Waals surface area (Å²) in [6.07, 6.45) is 3.03. The molecule has 0 unspecified atom stereocenters. The minimum atomic E-state index is -1.01. The van der Waals surface area contributed by atoms with E-state index in [0.29, 0.717) is 11.3 Å². The molecule has 2 aromatic carbocycles. The highest BCUT2D eigenvalue weighted by atomic mass is 16.6. The number of nitrogens with one attached hydrogen (secondary N) is 1. The Hall–Kier alpha value is -4.27. The van der Waals surface area contributed by atoms with Gasteiger partial charge in [0.1, 0.15) is 0 Å². The third kappa shape index (κ3) is 4.72. The van der Waals surface area contributed by atoms with Crippen LogP contribution in [0.4, 0.5) is 5.69 Å². The number of benzene rings is 2. The number of nitro groups is 1. The van der Waals surface area contributed by atoms with Crippen LogP contribution in [-0.4, -0.2) is 32.7 Å². The molecule has 0 atom stereocenters. The summed E-state index contributed by atoms with van der Waals surface area (Å²) in [5.41, 5.74) is 4.09. The average Bonchev–Trinajstić information content (AvgIpc) is 3.17. The molecule has 2 N–H and O–H groups in total. The lowest BCUT2D eigenvalue weighted by molar-refractivity contribution is -0.385. The summed E-state index contributed by atoms with van der Waals surface area (Å²) < 4.78 is 1.77. The number of carbonyl (C=O) groups is 2. The third-order valence-corrected chi connectivity index (χ3v) is 4.10. The Kier molecular flexibility index (Phi) is 5.79. The number of para-hydroxylation sites is 1. The van der Waals surface area contributed by atoms with E-state index in [2.05, 4.69) is 10.5 Å². The lowest BCUT2D eigenvalue weighted by Crippen LogP contribution is -2.20. The predicted molar refractivity (Wildman–Crippen MR) is 105 cm³/mol. The number of aromatic nitrogens is 1. The Bertz CT molecular complexity index is 1090. The van der Waals surface area contributed by atoms with Crippen LogP contribution in [0.3, 0.4) is 0 Å². The number of aromatic carboxylic acids is 1. The molecule has 0 aliphatic carbocycles. The van der Waals surface area contributed by atoms with Crippen molar-refractivity contribution in [3.05, 3.63) is 93.8 Å². The first-order chi connectivity index (χ1) is 14.0. The van der Waals surface area contributed by atoms with Gasteiger partial charge in [0.15, 0.2) is 0 Å². The monoisotopic (exact) mass is 392 g/mol. The molecule has 9 heteroatoms. The molecule has 1 amide bonds. The van der Waals surface area contributed by atoms with Gasteiger partial charge in [-0.15, -0.1) is 0 Å². The first-order valence-corrected chi connectivity index (χ1v) is 8.51. The van der Waals surface area contributed by atoms with Gasteiger partial charge in [-0.2, -0.15) is 5.10 Å². The maximum atomic E-state index is 12.1. The maximum absolute atomic E-state index is 12.1. The van der Waals surface area contributed by atoms with Crippen molar-refractivity contribution in [2.45, 2.75) is 6.42 Å². The fourth-order valence-corrected chi connectivity index (χ4v) is 2.72. The lowest BCUT2D eigenvalue weighted by atomic mass is 10.1. The first-order valence-electron chi connectivity index (χ1n) is 8.51. The van der Waals surface area contributed by atoms with E-state index in [9.17, 15) is 19.7 Å². The van der Waals surface area contributed by atoms with Crippen LogP contribution in [0.15, 0.2) is 72.0 Å². The van der Waals surface area contributed by atoms with Crippen LogP contribution < -0.4 is 5.43 Å². The van der Waals surface area contributed by atoms with Crippen molar-refractivity contribution >= 4 is 23.8 Å². The molecule has 3 rings (SSSR count). The molecular formula is C20H16N4O5. The summed E-state index contributed by atoms with van der Waals surface area (Å²) in [5, 5.41) is 23.9. The van der Waals surface area contributed by atoms with Crippen molar-refractivity contribution < 1.29 is 19.6 Å². The Morgan fingerprint density at radius 3 is 2.52 bits per heavy atom. The molecule has 0 radical (unpaired) electrons. The maximum Gasteiger partial charge on any atom is 0.335 e. The minimum Gasteiger partial charge on any atom is -0.478 e. The van der Waals surface area contributed by atoms with Crippen LogP contribution in [0.2, 0.25) is 0 Å². The van der Waals surface area contributed by atoms with Gasteiger partial charge in [0, 0.05) is 23.5 Å². The molecule has 0 fully saturated rings. The van der Waals surface area contributed by atoms with Gasteiger partial charge < -0.3 is 9.67 Å². The molecule has 146 valence electrons. The van der Waals surface area contributed by atoms with E-state index in [4.69, 9.17) is 5.11 Å². The minimum absolute atomic E-state index is 0.120. The van der Waals surface area contributed by atoms with E-state index in [1.807, 2.05) is 0 Å². The van der Waals surface area contributed by atoms with Crippen molar-refractivity contribution in [2.24, 2.45) is 5.10 Å². The van der Waals surface area contributed by atoms with E-state index in [-0.39, 0.29) is 17.7 Å². The van der Waals surface area contributed by atoms with Crippen LogP contribution in [0.1, 0.15) is 21.6 Å². The number of hydrogen-bond donors (Lipinski definition) is 2. The van der Waals surface area contributed by atoms with E-state index in [1.165, 1.54) is 36.5 Å². The van der Waals surface area contributed by atoms with Gasteiger partial charge in [0.25, 0.3) is 5.69 Å². The van der Waals surface area contributed by atoms with Gasteiger partial charge in [-0.05, 0) is 36.4 Å². The summed E-state index contributed by atoms with van der Waals surface area (Å²) in [7, 11) is 0. The van der Waals surface area contributed by atoms with Crippen molar-refractivity contribution in [1.82, 2.24) is 9.99 Å². The molecule has 0 saturated heterocycles. The van der Waals surface area contributed by atoms with E-state index in [0.717, 1.165) is 5.69 Å². The summed E-state index contributed by atoms with van der Waals surface area (Å²) in [6.45, 7) is 0. The van der Waals surface area contributed by atoms with Gasteiger partial charge in [-0.1, -0.05) is 18.2 Å². The molecule has 3 aromatic rings. The highest BCUT2D eigenvalue weighted by Gasteiger charge is 2.15. The fraction of sp³-hybridized carbons (Fsp3) is 0.0500. The number of carboxylic acid groups (broad SMARTS) is 1. The zero-order valence-electron chi connectivity index (χ0n) is 15.1. The fourth-order valence-electron chi connectivity index (χ4n) is 2.72. The lowest BCUT2D eigenvalue weighted by Gasteiger charge is -2.06. The standard InChI is InChI=1S/C20H16N4O5/c25-19(12-15-4-1-2-6-18(15)24(28)29)22-21-13-17-5-3-11-23(17)16-9-7-14(8-10-16)20(26)27/h1-11,13H,12H2,(H,22,25)(H,26,27)/b21-13+. The van der Waals surface area contributed by atoms with Crippen molar-refractivity contribution in [3.8, 4) is 5.69 Å². The smallest absolute Gasteiger partial charge is 0.335 e. The number of nitro benzene ring substituents is 1. The van der Waals surface area contributed by atoms with Crippen molar-refractivity contribution in [1.29, 1.82) is 0 Å². The second kappa shape index (κ2) is 8.61. The van der Waals surface area contributed by atoms with Gasteiger partial charge in [-0.3, -0.25) is 14.9 Å². The molecular weight excluding hydrogens is 376 g/mol. The number of rotatable bonds is 7. The number of carbonyl (C=O) groups excluding carboxylic acids is 1. The SMILES string of the molecule is O=C(Cc1ccccc1[N+](=O)[O-])N/N=C/c1cccn1-c1ccc(C(=O)O)cc1. The van der Waals surface area contributed by atoms with Crippen LogP contribution >= 0.6 is 0 Å². The number of hydrogen-bond acceptors (Lipinski definition) is 5. The van der Waals surface area contributed by atoms with E-state index in [1.54, 1.807) is 41.1 Å². The largest absolute Gasteiger partial charge is 0.478 e. The van der Waals surface area contributed by atoms with Gasteiger partial charge in [0.2, 0.25) is 5.91 Å². The van der Waals surface area contributed by atoms with Crippen LogP contribution in [-0.2, 0) is 11.2 Å². The summed E-state index contributed by atoms with van der Waals surface area (Å²) in [6, 6.07) is 15.9. The van der Waals surface area contributed by atoms with Gasteiger partial charge in [0.05, 0.1) is 28.8 Å². The molecule has 0 aliphatic rings. The predicted octanol–water partition coefficient (Wildman–Crippen LogP) is 2.78. The topological polar surface area (TPSA) is 127 Å². The zero-order chi connectivity index (χ0) is 20.8. The number of hydrazone groups is 1. The normalized spacial score (nSPS) is 10.8. The molecule has 9 nitrogen and oxygen atoms in total. The second-order valence-corrected chi connectivity index (χ2v) is 6.01. The molecule has 0 aliphatic heterocycles. The zero-order valence-corrected chi connectivity index (χ0v) is 15.1. The van der Waals surface area contributed by atoms with Crippen LogP contribution in [0, 0.1) is 10.1 Å². The number of amides is 1. The Morgan fingerprint density at radius 2 is 1.83 bits per heavy atom. The molecule has 0 bridgehead atoms. The van der Waals surface area contributed by atoms with Crippen molar-refractivity contribution in [2.75, 3.05) is 0 Å². The molecule has 1 aromatic heterocycles. The molecule has 0 saturated carbocycles. The summed E-state index contributed by atoms with van der Waals surface area (Å²) in [4.78, 5) is 33.5. The van der Waals surface area contributed by atoms with Crippen LogP contribution in [0.25, 0.3) is 5.69 Å².